The fraction of sp³-hybridized carbons (Fsp3) is 0.0968. The summed E-state index contributed by atoms with van der Waals surface area (Å²) in [4.78, 5) is 51.4. The van der Waals surface area contributed by atoms with Gasteiger partial charge in [-0.2, -0.15) is 0 Å². The highest BCUT2D eigenvalue weighted by atomic mass is 16.5. The minimum atomic E-state index is -1.70. The number of amides is 1. The average molecular weight is 506 g/mol. The van der Waals surface area contributed by atoms with Gasteiger partial charge in [-0.05, 0) is 35.4 Å². The minimum absolute atomic E-state index is 0.236. The van der Waals surface area contributed by atoms with Crippen LogP contribution in [0.2, 0.25) is 0 Å². The van der Waals surface area contributed by atoms with Crippen molar-refractivity contribution in [1.82, 2.24) is 5.32 Å². The van der Waals surface area contributed by atoms with Gasteiger partial charge in [0, 0.05) is 27.8 Å². The standard InChI is InChI=1S/C31H23NO6/c33-27-22-13-7-8-14-23(22)28(34)25-17-19(15-16-24(25)27)18-38-31(37)29(35)26(20-9-3-1-4-10-20)32-30(36)21-11-5-2-6-12-21/h1-17,26,29,35H,18H2,(H,32,36)/t26-,29+/m1/s1. The highest BCUT2D eigenvalue weighted by molar-refractivity contribution is 6.28. The maximum absolute atomic E-state index is 13.0. The molecule has 0 aromatic heterocycles. The van der Waals surface area contributed by atoms with Crippen LogP contribution in [0.4, 0.5) is 0 Å². The van der Waals surface area contributed by atoms with Gasteiger partial charge in [-0.3, -0.25) is 14.4 Å². The SMILES string of the molecule is O=C(N[C@H](c1ccccc1)[C@H](O)C(=O)OCc1ccc2c(c1)C(=O)c1ccccc1C2=O)c1ccccc1. The summed E-state index contributed by atoms with van der Waals surface area (Å²) in [5.74, 6) is -1.92. The molecule has 38 heavy (non-hydrogen) atoms. The second kappa shape index (κ2) is 10.6. The van der Waals surface area contributed by atoms with E-state index in [1.807, 2.05) is 0 Å². The van der Waals surface area contributed by atoms with E-state index in [0.29, 0.717) is 27.8 Å². The first-order valence-corrected chi connectivity index (χ1v) is 12.0. The van der Waals surface area contributed by atoms with Crippen molar-refractivity contribution in [2.24, 2.45) is 0 Å². The minimum Gasteiger partial charge on any atom is -0.459 e. The number of esters is 1. The Morgan fingerprint density at radius 2 is 1.26 bits per heavy atom. The first-order valence-electron chi connectivity index (χ1n) is 12.0. The number of ether oxygens (including phenoxy) is 1. The van der Waals surface area contributed by atoms with Gasteiger partial charge in [0.25, 0.3) is 5.91 Å². The Balaban J connectivity index is 1.32. The Labute approximate surface area is 218 Å². The van der Waals surface area contributed by atoms with Crippen LogP contribution in [-0.2, 0) is 16.1 Å². The fourth-order valence-corrected chi connectivity index (χ4v) is 4.43. The largest absolute Gasteiger partial charge is 0.459 e. The van der Waals surface area contributed by atoms with E-state index in [9.17, 15) is 24.3 Å². The zero-order chi connectivity index (χ0) is 26.6. The van der Waals surface area contributed by atoms with Gasteiger partial charge >= 0.3 is 5.97 Å². The molecule has 7 heteroatoms. The molecule has 7 nitrogen and oxygen atoms in total. The van der Waals surface area contributed by atoms with Gasteiger partial charge in [-0.25, -0.2) is 4.79 Å². The van der Waals surface area contributed by atoms with Gasteiger partial charge in [-0.15, -0.1) is 0 Å². The lowest BCUT2D eigenvalue weighted by molar-refractivity contribution is -0.156. The molecule has 0 spiro atoms. The Morgan fingerprint density at radius 1 is 0.711 bits per heavy atom. The Morgan fingerprint density at radius 3 is 1.92 bits per heavy atom. The van der Waals surface area contributed by atoms with Crippen LogP contribution in [-0.4, -0.2) is 34.7 Å². The summed E-state index contributed by atoms with van der Waals surface area (Å²) in [7, 11) is 0. The highest BCUT2D eigenvalue weighted by Crippen LogP contribution is 2.28. The van der Waals surface area contributed by atoms with Crippen molar-refractivity contribution >= 4 is 23.4 Å². The Kier molecular flexibility index (Phi) is 6.93. The average Bonchev–Trinajstić information content (AvgIpc) is 2.97. The van der Waals surface area contributed by atoms with E-state index in [1.54, 1.807) is 91.0 Å². The molecule has 2 atom stereocenters. The van der Waals surface area contributed by atoms with Crippen molar-refractivity contribution in [2.45, 2.75) is 18.8 Å². The van der Waals surface area contributed by atoms with Gasteiger partial charge in [0.15, 0.2) is 17.7 Å². The summed E-state index contributed by atoms with van der Waals surface area (Å²) in [6, 6.07) is 27.3. The molecule has 0 bridgehead atoms. The number of benzene rings is 4. The van der Waals surface area contributed by atoms with E-state index >= 15 is 0 Å². The summed E-state index contributed by atoms with van der Waals surface area (Å²) in [6.07, 6.45) is -1.70. The van der Waals surface area contributed by atoms with Gasteiger partial charge < -0.3 is 15.2 Å². The van der Waals surface area contributed by atoms with E-state index in [1.165, 1.54) is 12.1 Å². The van der Waals surface area contributed by atoms with Crippen LogP contribution in [0, 0.1) is 0 Å². The van der Waals surface area contributed by atoms with Crippen LogP contribution >= 0.6 is 0 Å². The van der Waals surface area contributed by atoms with Gasteiger partial charge in [0.05, 0.1) is 6.04 Å². The predicted molar refractivity (Wildman–Crippen MR) is 139 cm³/mol. The van der Waals surface area contributed by atoms with E-state index < -0.39 is 24.0 Å². The van der Waals surface area contributed by atoms with Crippen LogP contribution in [0.1, 0.15) is 59.4 Å². The number of aliphatic hydroxyl groups is 1. The summed E-state index contributed by atoms with van der Waals surface area (Å²) in [5.41, 5.74) is 2.60. The molecule has 0 unspecified atom stereocenters. The Bertz CT molecular complexity index is 1530. The molecule has 4 aromatic carbocycles. The third kappa shape index (κ3) is 4.87. The first kappa shape index (κ1) is 24.8. The molecule has 0 fully saturated rings. The second-order valence-electron chi connectivity index (χ2n) is 8.86. The highest BCUT2D eigenvalue weighted by Gasteiger charge is 2.32. The van der Waals surface area contributed by atoms with Crippen molar-refractivity contribution in [3.63, 3.8) is 0 Å². The molecule has 0 saturated heterocycles. The number of carbonyl (C=O) groups is 4. The van der Waals surface area contributed by atoms with Gasteiger partial charge in [-0.1, -0.05) is 78.9 Å². The molecule has 0 radical (unpaired) electrons. The zero-order valence-electron chi connectivity index (χ0n) is 20.2. The quantitative estimate of drug-likeness (QED) is 0.323. The van der Waals surface area contributed by atoms with E-state index in [-0.39, 0.29) is 29.3 Å². The van der Waals surface area contributed by atoms with E-state index in [0.717, 1.165) is 0 Å². The van der Waals surface area contributed by atoms with Crippen LogP contribution in [0.5, 0.6) is 0 Å². The third-order valence-electron chi connectivity index (χ3n) is 6.41. The third-order valence-corrected chi connectivity index (χ3v) is 6.41. The molecular weight excluding hydrogens is 482 g/mol. The molecule has 1 amide bonds. The fourth-order valence-electron chi connectivity index (χ4n) is 4.43. The molecule has 0 saturated carbocycles. The number of fused-ring (bicyclic) bond motifs is 2. The summed E-state index contributed by atoms with van der Waals surface area (Å²) in [6.45, 7) is -0.236. The van der Waals surface area contributed by atoms with Crippen molar-refractivity contribution < 1.29 is 29.0 Å². The van der Waals surface area contributed by atoms with Crippen LogP contribution < -0.4 is 5.32 Å². The lowest BCUT2D eigenvalue weighted by Gasteiger charge is -2.24. The molecule has 2 N–H and O–H groups in total. The van der Waals surface area contributed by atoms with Crippen LogP contribution in [0.15, 0.2) is 103 Å². The van der Waals surface area contributed by atoms with Crippen LogP contribution in [0.3, 0.4) is 0 Å². The van der Waals surface area contributed by atoms with Gasteiger partial charge in [0.1, 0.15) is 6.61 Å². The first-order chi connectivity index (χ1) is 18.4. The monoisotopic (exact) mass is 505 g/mol. The number of carbonyl (C=O) groups excluding carboxylic acids is 4. The zero-order valence-corrected chi connectivity index (χ0v) is 20.2. The molecular formula is C31H23NO6. The van der Waals surface area contributed by atoms with Crippen molar-refractivity contribution in [3.8, 4) is 0 Å². The summed E-state index contributed by atoms with van der Waals surface area (Å²) < 4.78 is 5.37. The second-order valence-corrected chi connectivity index (χ2v) is 8.86. The number of ketones is 2. The normalized spacial score (nSPS) is 13.6. The smallest absolute Gasteiger partial charge is 0.337 e. The predicted octanol–water partition coefficient (Wildman–Crippen LogP) is 4.04. The maximum atomic E-state index is 13.0. The molecule has 0 aliphatic heterocycles. The lowest BCUT2D eigenvalue weighted by Crippen LogP contribution is -2.41. The molecule has 1 aliphatic carbocycles. The molecule has 1 aliphatic rings. The number of aliphatic hydroxyl groups excluding tert-OH is 1. The maximum Gasteiger partial charge on any atom is 0.337 e. The van der Waals surface area contributed by atoms with Gasteiger partial charge in [0.2, 0.25) is 0 Å². The molecule has 0 heterocycles. The van der Waals surface area contributed by atoms with E-state index in [4.69, 9.17) is 4.74 Å². The number of rotatable bonds is 7. The Hall–Kier alpha value is -4.88. The summed E-state index contributed by atoms with van der Waals surface area (Å²) in [5, 5.41) is 13.6. The molecule has 5 rings (SSSR count). The topological polar surface area (TPSA) is 110 Å². The molecule has 188 valence electrons. The van der Waals surface area contributed by atoms with Crippen molar-refractivity contribution in [3.05, 3.63) is 142 Å². The van der Waals surface area contributed by atoms with Crippen molar-refractivity contribution in [1.29, 1.82) is 0 Å². The number of hydrogen-bond donors (Lipinski definition) is 2. The van der Waals surface area contributed by atoms with E-state index in [2.05, 4.69) is 5.32 Å². The van der Waals surface area contributed by atoms with Crippen molar-refractivity contribution in [2.75, 3.05) is 0 Å². The van der Waals surface area contributed by atoms with Crippen LogP contribution in [0.25, 0.3) is 0 Å². The summed E-state index contributed by atoms with van der Waals surface area (Å²) >= 11 is 0. The molecule has 4 aromatic rings. The lowest BCUT2D eigenvalue weighted by atomic mass is 9.83. The number of hydrogen-bond acceptors (Lipinski definition) is 6. The number of nitrogens with one attached hydrogen (secondary N) is 1.